The summed E-state index contributed by atoms with van der Waals surface area (Å²) in [5, 5.41) is 16.0. The third-order valence-electron chi connectivity index (χ3n) is 6.58. The first-order valence-corrected chi connectivity index (χ1v) is 11.7. The molecule has 0 fully saturated rings. The van der Waals surface area contributed by atoms with E-state index >= 15 is 0 Å². The largest absolute Gasteiger partial charge is 0.548 e. The molecule has 0 unspecified atom stereocenters. The van der Waals surface area contributed by atoms with Gasteiger partial charge >= 0.3 is 5.63 Å². The maximum absolute atomic E-state index is 12.8. The van der Waals surface area contributed by atoms with Crippen molar-refractivity contribution in [3.8, 4) is 5.75 Å². The number of fused-ring (bicyclic) bond motifs is 4. The van der Waals surface area contributed by atoms with Crippen LogP contribution in [-0.4, -0.2) is 29.0 Å². The van der Waals surface area contributed by atoms with Crippen LogP contribution in [0.2, 0.25) is 0 Å². The van der Waals surface area contributed by atoms with Crippen molar-refractivity contribution in [2.24, 2.45) is 0 Å². The Morgan fingerprint density at radius 3 is 2.69 bits per heavy atom. The summed E-state index contributed by atoms with van der Waals surface area (Å²) in [5.41, 5.74) is 3.49. The van der Waals surface area contributed by atoms with E-state index in [2.05, 4.69) is 10.3 Å². The highest BCUT2D eigenvalue weighted by atomic mass is 16.5. The number of aromatic nitrogens is 1. The Hall–Kier alpha value is -4.07. The molecule has 0 saturated heterocycles. The van der Waals surface area contributed by atoms with Gasteiger partial charge in [-0.3, -0.25) is 4.79 Å². The predicted molar refractivity (Wildman–Crippen MR) is 128 cm³/mol. The number of carboxylic acids is 1. The molecule has 2 N–H and O–H groups in total. The van der Waals surface area contributed by atoms with Crippen molar-refractivity contribution in [1.29, 1.82) is 0 Å². The van der Waals surface area contributed by atoms with Crippen LogP contribution in [0.3, 0.4) is 0 Å². The first kappa shape index (κ1) is 22.7. The molecule has 35 heavy (non-hydrogen) atoms. The van der Waals surface area contributed by atoms with E-state index in [1.54, 1.807) is 18.3 Å². The van der Waals surface area contributed by atoms with E-state index < -0.39 is 24.0 Å². The number of para-hydroxylation sites is 1. The molecule has 2 atom stereocenters. The summed E-state index contributed by atoms with van der Waals surface area (Å²) >= 11 is 0. The minimum absolute atomic E-state index is 0.0665. The molecule has 2 aromatic heterocycles. The number of aliphatic carboxylic acids is 1. The van der Waals surface area contributed by atoms with E-state index in [9.17, 15) is 19.5 Å². The van der Waals surface area contributed by atoms with Crippen LogP contribution < -0.4 is 20.8 Å². The fourth-order valence-electron chi connectivity index (χ4n) is 4.76. The Bertz CT molecular complexity index is 1480. The molecule has 0 spiro atoms. The number of nitrogens with one attached hydrogen (secondary N) is 2. The molecule has 0 radical (unpaired) electrons. The van der Waals surface area contributed by atoms with Gasteiger partial charge < -0.3 is 29.4 Å². The van der Waals surface area contributed by atoms with Gasteiger partial charge in [-0.2, -0.15) is 0 Å². The van der Waals surface area contributed by atoms with E-state index in [0.717, 1.165) is 58.7 Å². The number of hydrogen-bond acceptors (Lipinski definition) is 6. The number of ether oxygens (including phenoxy) is 1. The molecular formula is C27H25N2O6-. The van der Waals surface area contributed by atoms with Gasteiger partial charge in [0, 0.05) is 40.5 Å². The Morgan fingerprint density at radius 2 is 1.89 bits per heavy atom. The fourth-order valence-corrected chi connectivity index (χ4v) is 4.76. The summed E-state index contributed by atoms with van der Waals surface area (Å²) in [6.07, 6.45) is 4.37. The lowest BCUT2D eigenvalue weighted by Crippen LogP contribution is -2.52. The molecule has 8 nitrogen and oxygen atoms in total. The van der Waals surface area contributed by atoms with Crippen molar-refractivity contribution in [2.45, 2.75) is 51.2 Å². The minimum Gasteiger partial charge on any atom is -0.548 e. The van der Waals surface area contributed by atoms with Crippen molar-refractivity contribution < 1.29 is 23.8 Å². The van der Waals surface area contributed by atoms with Crippen LogP contribution in [0, 0.1) is 0 Å². The molecule has 2 heterocycles. The van der Waals surface area contributed by atoms with Crippen molar-refractivity contribution >= 4 is 33.7 Å². The lowest BCUT2D eigenvalue weighted by atomic mass is 9.91. The van der Waals surface area contributed by atoms with Crippen LogP contribution in [0.25, 0.3) is 21.9 Å². The minimum atomic E-state index is -1.38. The number of benzene rings is 2. The average molecular weight is 474 g/mol. The summed E-state index contributed by atoms with van der Waals surface area (Å²) in [6, 6.07) is 11.5. The van der Waals surface area contributed by atoms with Crippen LogP contribution in [0.4, 0.5) is 0 Å². The molecule has 0 saturated carbocycles. The molecule has 1 aliphatic carbocycles. The highest BCUT2D eigenvalue weighted by Crippen LogP contribution is 2.29. The zero-order valence-corrected chi connectivity index (χ0v) is 19.3. The summed E-state index contributed by atoms with van der Waals surface area (Å²) in [4.78, 5) is 40.0. The summed E-state index contributed by atoms with van der Waals surface area (Å²) in [7, 11) is 0. The lowest BCUT2D eigenvalue weighted by Gasteiger charge is -2.22. The standard InChI is InChI=1S/C27H26N2O6/c1-15(25(30)29-23(26(31)32)12-16-14-28-22-9-5-4-6-18(16)22)34-17-10-11-20-19-7-2-3-8-21(19)27(33)35-24(20)13-17/h4-6,9-11,13-15,23,28H,2-3,7-8,12H2,1H3,(H,29,30)(H,31,32)/p-1/t15-,23-/m0/s1. The van der Waals surface area contributed by atoms with E-state index in [1.165, 1.54) is 6.92 Å². The van der Waals surface area contributed by atoms with Gasteiger partial charge in [0.15, 0.2) is 6.10 Å². The Labute approximate surface area is 200 Å². The van der Waals surface area contributed by atoms with Crippen LogP contribution in [0.5, 0.6) is 5.75 Å². The summed E-state index contributed by atoms with van der Waals surface area (Å²) in [6.45, 7) is 1.53. The second-order valence-electron chi connectivity index (χ2n) is 8.92. The SMILES string of the molecule is C[C@H](Oc1ccc2c3c(c(=O)oc2c1)CCCC3)C(=O)N[C@@H](Cc1c[nH]c2ccccc12)C(=O)[O-]. The molecule has 180 valence electrons. The van der Waals surface area contributed by atoms with Crippen LogP contribution in [-0.2, 0) is 28.9 Å². The average Bonchev–Trinajstić information content (AvgIpc) is 3.26. The molecular weight excluding hydrogens is 448 g/mol. The van der Waals surface area contributed by atoms with Gasteiger partial charge in [0.1, 0.15) is 11.3 Å². The number of hydrogen-bond donors (Lipinski definition) is 2. The maximum Gasteiger partial charge on any atom is 0.339 e. The first-order valence-electron chi connectivity index (χ1n) is 11.7. The van der Waals surface area contributed by atoms with Gasteiger partial charge in [-0.1, -0.05) is 18.2 Å². The molecule has 5 rings (SSSR count). The van der Waals surface area contributed by atoms with Gasteiger partial charge in [0.05, 0.1) is 12.0 Å². The quantitative estimate of drug-likeness (QED) is 0.397. The van der Waals surface area contributed by atoms with Crippen LogP contribution in [0.1, 0.15) is 36.5 Å². The molecule has 0 bridgehead atoms. The highest BCUT2D eigenvalue weighted by molar-refractivity contribution is 5.88. The Morgan fingerprint density at radius 1 is 1.11 bits per heavy atom. The van der Waals surface area contributed by atoms with E-state index in [4.69, 9.17) is 9.15 Å². The monoisotopic (exact) mass is 473 g/mol. The third kappa shape index (κ3) is 4.51. The Kier molecular flexibility index (Phi) is 6.03. The number of rotatable bonds is 7. The van der Waals surface area contributed by atoms with Gasteiger partial charge in [-0.15, -0.1) is 0 Å². The number of amides is 1. The Balaban J connectivity index is 1.30. The van der Waals surface area contributed by atoms with Crippen LogP contribution in [0.15, 0.2) is 57.9 Å². The second kappa shape index (κ2) is 9.29. The maximum atomic E-state index is 12.8. The zero-order chi connectivity index (χ0) is 24.5. The number of carbonyl (C=O) groups is 2. The summed E-state index contributed by atoms with van der Waals surface area (Å²) in [5.74, 6) is -1.63. The number of aromatic amines is 1. The van der Waals surface area contributed by atoms with E-state index in [1.807, 2.05) is 30.3 Å². The molecule has 0 aliphatic heterocycles. The predicted octanol–water partition coefficient (Wildman–Crippen LogP) is 2.40. The van der Waals surface area contributed by atoms with Gasteiger partial charge in [0.25, 0.3) is 5.91 Å². The van der Waals surface area contributed by atoms with Gasteiger partial charge in [-0.05, 0) is 61.9 Å². The van der Waals surface area contributed by atoms with Crippen molar-refractivity contribution in [3.63, 3.8) is 0 Å². The summed E-state index contributed by atoms with van der Waals surface area (Å²) < 4.78 is 11.3. The molecule has 8 heteroatoms. The molecule has 1 amide bonds. The number of carbonyl (C=O) groups excluding carboxylic acids is 2. The number of carboxylic acid groups (broad SMARTS) is 1. The normalized spacial score (nSPS) is 14.9. The second-order valence-corrected chi connectivity index (χ2v) is 8.92. The first-order chi connectivity index (χ1) is 16.9. The van der Waals surface area contributed by atoms with Crippen molar-refractivity contribution in [3.05, 3.63) is 75.8 Å². The topological polar surface area (TPSA) is 124 Å². The van der Waals surface area contributed by atoms with Gasteiger partial charge in [-0.25, -0.2) is 4.79 Å². The van der Waals surface area contributed by atoms with Gasteiger partial charge in [0.2, 0.25) is 0 Å². The number of aryl methyl sites for hydroxylation is 1. The van der Waals surface area contributed by atoms with Crippen molar-refractivity contribution in [2.75, 3.05) is 0 Å². The third-order valence-corrected chi connectivity index (χ3v) is 6.58. The zero-order valence-electron chi connectivity index (χ0n) is 19.3. The molecule has 2 aromatic carbocycles. The van der Waals surface area contributed by atoms with E-state index in [0.29, 0.717) is 11.3 Å². The lowest BCUT2D eigenvalue weighted by molar-refractivity contribution is -0.308. The molecule has 4 aromatic rings. The highest BCUT2D eigenvalue weighted by Gasteiger charge is 2.22. The fraction of sp³-hybridized carbons (Fsp3) is 0.296. The van der Waals surface area contributed by atoms with E-state index in [-0.39, 0.29) is 12.0 Å². The van der Waals surface area contributed by atoms with Crippen LogP contribution >= 0.6 is 0 Å². The number of H-pyrrole nitrogens is 1. The smallest absolute Gasteiger partial charge is 0.339 e. The molecule has 1 aliphatic rings. The van der Waals surface area contributed by atoms with Crippen molar-refractivity contribution in [1.82, 2.24) is 10.3 Å².